The average Bonchev–Trinajstić information content (AvgIpc) is 3.05. The number of benzene rings is 2. The van der Waals surface area contributed by atoms with Crippen LogP contribution in [0.4, 0.5) is 32.0 Å². The van der Waals surface area contributed by atoms with Gasteiger partial charge < -0.3 is 25.4 Å². The van der Waals surface area contributed by atoms with Crippen molar-refractivity contribution in [1.29, 1.82) is 0 Å². The molecule has 35 heavy (non-hydrogen) atoms. The summed E-state index contributed by atoms with van der Waals surface area (Å²) in [5, 5.41) is 8.32. The first-order valence-corrected chi connectivity index (χ1v) is 11.1. The summed E-state index contributed by atoms with van der Waals surface area (Å²) < 4.78 is 90.2. The summed E-state index contributed by atoms with van der Waals surface area (Å²) in [6, 6.07) is 10.9. The summed E-state index contributed by atoms with van der Waals surface area (Å²) >= 11 is 5.09. The third-order valence-corrected chi connectivity index (χ3v) is 5.36. The molecule has 1 heterocycles. The molecule has 1 aliphatic heterocycles. The zero-order chi connectivity index (χ0) is 25.9. The minimum Gasteiger partial charge on any atom is -0.360 e. The summed E-state index contributed by atoms with van der Waals surface area (Å²) in [5.41, 5.74) is -2.22. The van der Waals surface area contributed by atoms with Crippen LogP contribution in [0.3, 0.4) is 0 Å². The number of hydrogen-bond donors (Lipinski definition) is 3. The van der Waals surface area contributed by atoms with Crippen LogP contribution < -0.4 is 16.0 Å². The molecule has 2 atom stereocenters. The molecule has 0 aromatic heterocycles. The minimum atomic E-state index is -4.95. The van der Waals surface area contributed by atoms with E-state index in [-0.39, 0.29) is 23.8 Å². The van der Waals surface area contributed by atoms with Crippen molar-refractivity contribution in [3.05, 3.63) is 65.2 Å². The lowest BCUT2D eigenvalue weighted by atomic mass is 10.1. The van der Waals surface area contributed by atoms with Crippen LogP contribution in [-0.2, 0) is 28.4 Å². The maximum Gasteiger partial charge on any atom is 0.416 e. The van der Waals surface area contributed by atoms with Crippen LogP contribution in [0, 0.1) is 0 Å². The van der Waals surface area contributed by atoms with Crippen molar-refractivity contribution in [2.24, 2.45) is 0 Å². The Labute approximate surface area is 204 Å². The molecule has 192 valence electrons. The first kappa shape index (κ1) is 27.2. The van der Waals surface area contributed by atoms with Crippen LogP contribution in [0.1, 0.15) is 30.5 Å². The van der Waals surface area contributed by atoms with E-state index in [0.29, 0.717) is 25.2 Å². The Hall–Kier alpha value is -2.41. The summed E-state index contributed by atoms with van der Waals surface area (Å²) in [4.78, 5) is 0. The van der Waals surface area contributed by atoms with Gasteiger partial charge in [-0.3, -0.25) is 0 Å². The Morgan fingerprint density at radius 2 is 1.43 bits per heavy atom. The Morgan fingerprint density at radius 3 is 1.97 bits per heavy atom. The van der Waals surface area contributed by atoms with Gasteiger partial charge in [0.1, 0.15) is 12.2 Å². The van der Waals surface area contributed by atoms with Gasteiger partial charge in [-0.05, 0) is 49.8 Å². The fourth-order valence-electron chi connectivity index (χ4n) is 3.61. The molecule has 12 heteroatoms. The molecule has 0 saturated carbocycles. The molecule has 3 N–H and O–H groups in total. The third kappa shape index (κ3) is 8.06. The summed E-state index contributed by atoms with van der Waals surface area (Å²) in [6.45, 7) is 4.67. The van der Waals surface area contributed by atoms with Crippen LogP contribution >= 0.6 is 12.2 Å². The summed E-state index contributed by atoms with van der Waals surface area (Å²) in [5.74, 6) is -0.872. The monoisotopic (exact) mass is 521 g/mol. The summed E-state index contributed by atoms with van der Waals surface area (Å²) in [6.07, 6.45) is -10.7. The van der Waals surface area contributed by atoms with Crippen molar-refractivity contribution in [1.82, 2.24) is 10.6 Å². The van der Waals surface area contributed by atoms with Crippen LogP contribution in [-0.4, -0.2) is 36.2 Å². The van der Waals surface area contributed by atoms with Gasteiger partial charge in [0.2, 0.25) is 0 Å². The van der Waals surface area contributed by atoms with E-state index in [1.54, 1.807) is 13.8 Å². The Bertz CT molecular complexity index is 982. The average molecular weight is 522 g/mol. The molecule has 0 radical (unpaired) electrons. The number of thiocarbonyl (C=S) groups is 1. The Kier molecular flexibility index (Phi) is 8.30. The molecule has 0 aliphatic carbocycles. The second-order valence-electron chi connectivity index (χ2n) is 8.46. The minimum absolute atomic E-state index is 0.0560. The molecule has 1 aliphatic rings. The highest BCUT2D eigenvalue weighted by Gasteiger charge is 2.41. The second kappa shape index (κ2) is 10.7. The van der Waals surface area contributed by atoms with Gasteiger partial charge in [-0.1, -0.05) is 30.3 Å². The predicted octanol–water partition coefficient (Wildman–Crippen LogP) is 5.32. The fourth-order valence-corrected chi connectivity index (χ4v) is 3.81. The highest BCUT2D eigenvalue weighted by molar-refractivity contribution is 7.80. The zero-order valence-corrected chi connectivity index (χ0v) is 19.7. The van der Waals surface area contributed by atoms with E-state index in [2.05, 4.69) is 16.0 Å². The van der Waals surface area contributed by atoms with Gasteiger partial charge in [-0.15, -0.1) is 0 Å². The molecule has 0 bridgehead atoms. The third-order valence-electron chi connectivity index (χ3n) is 5.11. The molecule has 2 aromatic carbocycles. The Morgan fingerprint density at radius 1 is 0.886 bits per heavy atom. The van der Waals surface area contributed by atoms with E-state index in [1.165, 1.54) is 0 Å². The first-order chi connectivity index (χ1) is 16.2. The number of ether oxygens (including phenoxy) is 2. The molecule has 0 unspecified atom stereocenters. The van der Waals surface area contributed by atoms with Crippen LogP contribution in [0.25, 0.3) is 0 Å². The van der Waals surface area contributed by atoms with Crippen molar-refractivity contribution in [2.45, 2.75) is 50.7 Å². The van der Waals surface area contributed by atoms with Gasteiger partial charge in [-0.2, -0.15) is 26.3 Å². The van der Waals surface area contributed by atoms with Crippen molar-refractivity contribution in [3.8, 4) is 0 Å². The molecule has 3 rings (SSSR count). The van der Waals surface area contributed by atoms with Gasteiger partial charge in [0.15, 0.2) is 10.9 Å². The number of hydrogen-bond acceptors (Lipinski definition) is 4. The number of alkyl halides is 6. The largest absolute Gasteiger partial charge is 0.416 e. The van der Waals surface area contributed by atoms with E-state index in [4.69, 9.17) is 21.7 Å². The molecule has 2 aromatic rings. The summed E-state index contributed by atoms with van der Waals surface area (Å²) in [7, 11) is 0. The maximum absolute atomic E-state index is 13.1. The van der Waals surface area contributed by atoms with E-state index in [1.807, 2.05) is 30.3 Å². The number of halogens is 6. The SMILES string of the molecule is CC1(C)O[C@@H](CNCc2ccccc2)[C@H](CNC(=S)Nc2cc(C(F)(F)F)cc(C(F)(F)F)c2)O1. The van der Waals surface area contributed by atoms with Crippen molar-refractivity contribution >= 4 is 23.0 Å². The topological polar surface area (TPSA) is 54.5 Å². The second-order valence-corrected chi connectivity index (χ2v) is 8.87. The normalized spacial score (nSPS) is 20.0. The van der Waals surface area contributed by atoms with Gasteiger partial charge in [0.25, 0.3) is 0 Å². The number of nitrogens with one attached hydrogen (secondary N) is 3. The van der Waals surface area contributed by atoms with Gasteiger partial charge >= 0.3 is 12.4 Å². The number of rotatable bonds is 7. The lowest BCUT2D eigenvalue weighted by molar-refractivity contribution is -0.145. The van der Waals surface area contributed by atoms with Gasteiger partial charge in [-0.25, -0.2) is 0 Å². The first-order valence-electron chi connectivity index (χ1n) is 10.7. The number of anilines is 1. The quantitative estimate of drug-likeness (QED) is 0.339. The van der Waals surface area contributed by atoms with Crippen LogP contribution in [0.2, 0.25) is 0 Å². The maximum atomic E-state index is 13.1. The molecule has 5 nitrogen and oxygen atoms in total. The standard InChI is InChI=1S/C23H25F6N3O2S/c1-21(2)33-18(12-30-11-14-6-4-3-5-7-14)19(34-21)13-31-20(35)32-17-9-15(22(24,25)26)8-16(10-17)23(27,28)29/h3-10,18-19,30H,11-13H2,1-2H3,(H2,31,32,35)/t18-,19-/m0/s1. The van der Waals surface area contributed by atoms with Crippen LogP contribution in [0.15, 0.2) is 48.5 Å². The van der Waals surface area contributed by atoms with Crippen LogP contribution in [0.5, 0.6) is 0 Å². The van der Waals surface area contributed by atoms with Crippen molar-refractivity contribution in [3.63, 3.8) is 0 Å². The van der Waals surface area contributed by atoms with Crippen molar-refractivity contribution < 1.29 is 35.8 Å². The molecular weight excluding hydrogens is 496 g/mol. The smallest absolute Gasteiger partial charge is 0.360 e. The van der Waals surface area contributed by atoms with E-state index >= 15 is 0 Å². The van der Waals surface area contributed by atoms with Crippen molar-refractivity contribution in [2.75, 3.05) is 18.4 Å². The lowest BCUT2D eigenvalue weighted by Crippen LogP contribution is -2.42. The lowest BCUT2D eigenvalue weighted by Gasteiger charge is -2.20. The Balaban J connectivity index is 1.60. The zero-order valence-electron chi connectivity index (χ0n) is 18.9. The highest BCUT2D eigenvalue weighted by atomic mass is 32.1. The highest BCUT2D eigenvalue weighted by Crippen LogP contribution is 2.37. The fraction of sp³-hybridized carbons (Fsp3) is 0.435. The predicted molar refractivity (Wildman–Crippen MR) is 123 cm³/mol. The van der Waals surface area contributed by atoms with E-state index in [0.717, 1.165) is 5.56 Å². The van der Waals surface area contributed by atoms with Gasteiger partial charge in [0, 0.05) is 25.3 Å². The molecule has 0 spiro atoms. The van der Waals surface area contributed by atoms with E-state index < -0.39 is 41.1 Å². The molecule has 1 saturated heterocycles. The van der Waals surface area contributed by atoms with Gasteiger partial charge in [0.05, 0.1) is 11.1 Å². The molecule has 0 amide bonds. The molecular formula is C23H25F6N3O2S. The van der Waals surface area contributed by atoms with E-state index in [9.17, 15) is 26.3 Å². The molecule has 1 fully saturated rings.